The predicted molar refractivity (Wildman–Crippen MR) is 43.0 cm³/mol. The summed E-state index contributed by atoms with van der Waals surface area (Å²) in [4.78, 5) is 10.0. The molecule has 0 atom stereocenters. The van der Waals surface area contributed by atoms with E-state index in [2.05, 4.69) is 0 Å². The van der Waals surface area contributed by atoms with Crippen LogP contribution in [0.25, 0.3) is 0 Å². The van der Waals surface area contributed by atoms with E-state index in [1.165, 1.54) is 0 Å². The number of nitrogens with zero attached hydrogens (tertiary/aromatic N) is 1. The van der Waals surface area contributed by atoms with Crippen LogP contribution in [0.1, 0.15) is 12.8 Å². The fourth-order valence-electron chi connectivity index (χ4n) is 0.471. The molecular formula is C6H13NO2S. The van der Waals surface area contributed by atoms with E-state index in [1.54, 1.807) is 11.9 Å². The van der Waals surface area contributed by atoms with Crippen LogP contribution < -0.4 is 0 Å². The highest BCUT2D eigenvalue weighted by atomic mass is 32.2. The molecule has 10 heavy (non-hydrogen) atoms. The lowest BCUT2D eigenvalue weighted by Gasteiger charge is -2.06. The molecule has 0 aromatic carbocycles. The summed E-state index contributed by atoms with van der Waals surface area (Å²) in [6, 6.07) is 0. The minimum Gasteiger partial charge on any atom is -0.481 e. The average Bonchev–Trinajstić information content (AvgIpc) is 1.79. The van der Waals surface area contributed by atoms with Crippen molar-refractivity contribution in [2.45, 2.75) is 12.8 Å². The van der Waals surface area contributed by atoms with Crippen molar-refractivity contribution >= 4 is 17.9 Å². The molecule has 0 spiro atoms. The van der Waals surface area contributed by atoms with E-state index in [0.29, 0.717) is 0 Å². The fourth-order valence-corrected chi connectivity index (χ4v) is 1.11. The van der Waals surface area contributed by atoms with Gasteiger partial charge in [0.15, 0.2) is 0 Å². The average molecular weight is 163 g/mol. The number of aliphatic carboxylic acids is 1. The maximum atomic E-state index is 10.0. The summed E-state index contributed by atoms with van der Waals surface area (Å²) in [6.45, 7) is 0. The Morgan fingerprint density at radius 3 is 2.60 bits per heavy atom. The van der Waals surface area contributed by atoms with Crippen LogP contribution in [0.5, 0.6) is 0 Å². The molecule has 1 N–H and O–H groups in total. The minimum absolute atomic E-state index is 0.279. The van der Waals surface area contributed by atoms with Crippen LogP contribution in [0.2, 0.25) is 0 Å². The van der Waals surface area contributed by atoms with Gasteiger partial charge in [0.2, 0.25) is 0 Å². The van der Waals surface area contributed by atoms with Crippen molar-refractivity contribution in [1.29, 1.82) is 0 Å². The molecule has 60 valence electrons. The van der Waals surface area contributed by atoms with Crippen molar-refractivity contribution in [2.24, 2.45) is 0 Å². The molecule has 0 heterocycles. The van der Waals surface area contributed by atoms with Crippen molar-refractivity contribution < 1.29 is 9.90 Å². The van der Waals surface area contributed by atoms with Crippen LogP contribution >= 0.6 is 11.9 Å². The van der Waals surface area contributed by atoms with Gasteiger partial charge in [-0.3, -0.25) is 9.10 Å². The minimum atomic E-state index is -0.709. The monoisotopic (exact) mass is 163 g/mol. The van der Waals surface area contributed by atoms with E-state index in [4.69, 9.17) is 5.11 Å². The van der Waals surface area contributed by atoms with Crippen molar-refractivity contribution in [3.8, 4) is 0 Å². The molecule has 0 amide bonds. The number of carboxylic acids is 1. The molecule has 0 aliphatic carbocycles. The largest absolute Gasteiger partial charge is 0.481 e. The highest BCUT2D eigenvalue weighted by Gasteiger charge is 1.96. The molecule has 3 nitrogen and oxygen atoms in total. The Hall–Kier alpha value is -0.220. The number of hydrogen-bond donors (Lipinski definition) is 1. The Kier molecular flexibility index (Phi) is 5.43. The molecule has 0 aromatic heterocycles. The molecule has 0 aliphatic heterocycles. The maximum Gasteiger partial charge on any atom is 0.303 e. The van der Waals surface area contributed by atoms with Crippen LogP contribution in [0, 0.1) is 0 Å². The normalized spacial score (nSPS) is 10.3. The molecular weight excluding hydrogens is 150 g/mol. The summed E-state index contributed by atoms with van der Waals surface area (Å²) in [6.07, 6.45) is 1.03. The van der Waals surface area contributed by atoms with Gasteiger partial charge in [0, 0.05) is 12.2 Å². The molecule has 4 heteroatoms. The quantitative estimate of drug-likeness (QED) is 0.486. The highest BCUT2D eigenvalue weighted by Crippen LogP contribution is 2.05. The summed E-state index contributed by atoms with van der Waals surface area (Å²) >= 11 is 1.64. The second kappa shape index (κ2) is 5.56. The van der Waals surface area contributed by atoms with E-state index in [-0.39, 0.29) is 6.42 Å². The summed E-state index contributed by atoms with van der Waals surface area (Å²) in [5, 5.41) is 8.26. The van der Waals surface area contributed by atoms with Gasteiger partial charge in [-0.1, -0.05) is 11.9 Å². The van der Waals surface area contributed by atoms with Gasteiger partial charge in [-0.2, -0.15) is 0 Å². The second-order valence-corrected chi connectivity index (χ2v) is 3.54. The Labute approximate surface area is 65.5 Å². The molecule has 0 saturated carbocycles. The lowest BCUT2D eigenvalue weighted by molar-refractivity contribution is -0.137. The van der Waals surface area contributed by atoms with Crippen molar-refractivity contribution in [2.75, 3.05) is 19.8 Å². The molecule has 0 rings (SSSR count). The van der Waals surface area contributed by atoms with Gasteiger partial charge in [-0.05, 0) is 20.5 Å². The van der Waals surface area contributed by atoms with Crippen LogP contribution in [0.4, 0.5) is 0 Å². The number of hydrogen-bond acceptors (Lipinski definition) is 3. The Morgan fingerprint density at radius 2 is 2.20 bits per heavy atom. The van der Waals surface area contributed by atoms with Gasteiger partial charge in [-0.15, -0.1) is 0 Å². The van der Waals surface area contributed by atoms with E-state index in [1.807, 2.05) is 18.4 Å². The van der Waals surface area contributed by atoms with Crippen molar-refractivity contribution in [1.82, 2.24) is 4.31 Å². The second-order valence-electron chi connectivity index (χ2n) is 2.14. The van der Waals surface area contributed by atoms with Crippen LogP contribution in [-0.2, 0) is 4.79 Å². The van der Waals surface area contributed by atoms with E-state index < -0.39 is 5.97 Å². The van der Waals surface area contributed by atoms with E-state index in [0.717, 1.165) is 12.2 Å². The number of rotatable bonds is 5. The van der Waals surface area contributed by atoms with Crippen molar-refractivity contribution in [3.63, 3.8) is 0 Å². The van der Waals surface area contributed by atoms with Gasteiger partial charge in [-0.25, -0.2) is 0 Å². The van der Waals surface area contributed by atoms with Gasteiger partial charge in [0.25, 0.3) is 0 Å². The molecule has 0 fully saturated rings. The summed E-state index contributed by atoms with van der Waals surface area (Å²) in [5.41, 5.74) is 0. The first-order valence-corrected chi connectivity index (χ1v) is 4.09. The van der Waals surface area contributed by atoms with E-state index >= 15 is 0 Å². The third kappa shape index (κ3) is 7.78. The van der Waals surface area contributed by atoms with Crippen molar-refractivity contribution in [3.05, 3.63) is 0 Å². The maximum absolute atomic E-state index is 10.0. The summed E-state index contributed by atoms with van der Waals surface area (Å²) < 4.78 is 1.97. The first-order valence-electron chi connectivity index (χ1n) is 3.15. The summed E-state index contributed by atoms with van der Waals surface area (Å²) in [5.74, 6) is 0.179. The first kappa shape index (κ1) is 9.78. The Balaban J connectivity index is 2.98. The van der Waals surface area contributed by atoms with E-state index in [9.17, 15) is 4.79 Å². The molecule has 0 radical (unpaired) electrons. The first-order chi connectivity index (χ1) is 4.63. The summed E-state index contributed by atoms with van der Waals surface area (Å²) in [7, 11) is 3.90. The zero-order chi connectivity index (χ0) is 7.98. The standard InChI is InChI=1S/C6H13NO2S/c1-7(2)10-5-3-4-6(8)9/h3-5H2,1-2H3,(H,8,9). The zero-order valence-corrected chi connectivity index (χ0v) is 7.15. The lowest BCUT2D eigenvalue weighted by Crippen LogP contribution is -2.02. The van der Waals surface area contributed by atoms with Crippen LogP contribution in [-0.4, -0.2) is 35.2 Å². The molecule has 0 saturated heterocycles. The van der Waals surface area contributed by atoms with Gasteiger partial charge < -0.3 is 5.11 Å². The molecule has 0 aliphatic rings. The van der Waals surface area contributed by atoms with Gasteiger partial charge in [0.1, 0.15) is 0 Å². The third-order valence-corrected chi connectivity index (χ3v) is 1.87. The highest BCUT2D eigenvalue weighted by molar-refractivity contribution is 7.96. The lowest BCUT2D eigenvalue weighted by atomic mass is 10.3. The predicted octanol–water partition coefficient (Wildman–Crippen LogP) is 1.06. The van der Waals surface area contributed by atoms with Gasteiger partial charge in [0.05, 0.1) is 0 Å². The number of carbonyl (C=O) groups is 1. The topological polar surface area (TPSA) is 40.5 Å². The SMILES string of the molecule is CN(C)SCCCC(=O)O. The number of carboxylic acid groups (broad SMARTS) is 1. The third-order valence-electron chi connectivity index (χ3n) is 0.884. The van der Waals surface area contributed by atoms with Crippen LogP contribution in [0.15, 0.2) is 0 Å². The molecule has 0 aromatic rings. The zero-order valence-electron chi connectivity index (χ0n) is 6.33. The Bertz CT molecular complexity index is 106. The molecule has 0 bridgehead atoms. The smallest absolute Gasteiger partial charge is 0.303 e. The van der Waals surface area contributed by atoms with Gasteiger partial charge >= 0.3 is 5.97 Å². The Morgan fingerprint density at radius 1 is 1.60 bits per heavy atom. The molecule has 0 unspecified atom stereocenters. The fraction of sp³-hybridized carbons (Fsp3) is 0.833. The van der Waals surface area contributed by atoms with Crippen LogP contribution in [0.3, 0.4) is 0 Å².